The molecule has 0 spiro atoms. The third-order valence-corrected chi connectivity index (χ3v) is 3.22. The lowest BCUT2D eigenvalue weighted by Crippen LogP contribution is -2.44. The Morgan fingerprint density at radius 2 is 2.06 bits per heavy atom. The molecule has 0 aromatic heterocycles. The van der Waals surface area contributed by atoms with Gasteiger partial charge in [-0.15, -0.1) is 0 Å². The maximum absolute atomic E-state index is 13.2. The van der Waals surface area contributed by atoms with Gasteiger partial charge in [0, 0.05) is 32.7 Å². The van der Waals surface area contributed by atoms with Gasteiger partial charge in [-0.05, 0) is 24.1 Å². The smallest absolute Gasteiger partial charge is 0.142 e. The number of piperazine rings is 1. The second-order valence-electron chi connectivity index (χ2n) is 4.09. The fraction of sp³-hybridized carbons (Fsp3) is 0.500. The molecule has 1 aromatic rings. The van der Waals surface area contributed by atoms with Gasteiger partial charge in [0.1, 0.15) is 5.82 Å². The van der Waals surface area contributed by atoms with E-state index in [1.54, 1.807) is 6.07 Å². The third kappa shape index (κ3) is 3.17. The average molecular weight is 243 g/mol. The molecule has 16 heavy (non-hydrogen) atoms. The molecule has 0 aliphatic carbocycles. The molecule has 88 valence electrons. The summed E-state index contributed by atoms with van der Waals surface area (Å²) in [6.45, 7) is 5.25. The molecular weight excluding hydrogens is 227 g/mol. The van der Waals surface area contributed by atoms with Gasteiger partial charge in [-0.25, -0.2) is 4.39 Å². The molecule has 0 radical (unpaired) electrons. The molecular formula is C12H16ClFN2. The topological polar surface area (TPSA) is 15.3 Å². The first-order valence-electron chi connectivity index (χ1n) is 5.63. The third-order valence-electron chi connectivity index (χ3n) is 2.91. The molecule has 1 heterocycles. The summed E-state index contributed by atoms with van der Waals surface area (Å²) in [5.41, 5.74) is 1.01. The van der Waals surface area contributed by atoms with Gasteiger partial charge in [0.05, 0.1) is 5.02 Å². The predicted molar refractivity (Wildman–Crippen MR) is 64.4 cm³/mol. The standard InChI is InChI=1S/C12H16ClFN2/c13-11-2-1-10(9-12(11)14)3-6-16-7-4-15-5-8-16/h1-2,9,15H,3-8H2. The Balaban J connectivity index is 1.86. The zero-order chi connectivity index (χ0) is 11.4. The lowest BCUT2D eigenvalue weighted by molar-refractivity contribution is 0.244. The summed E-state index contributed by atoms with van der Waals surface area (Å²) < 4.78 is 13.2. The molecule has 0 unspecified atom stereocenters. The quantitative estimate of drug-likeness (QED) is 0.872. The van der Waals surface area contributed by atoms with Crippen molar-refractivity contribution in [1.82, 2.24) is 10.2 Å². The molecule has 4 heteroatoms. The van der Waals surface area contributed by atoms with Crippen molar-refractivity contribution in [2.45, 2.75) is 6.42 Å². The van der Waals surface area contributed by atoms with Crippen LogP contribution in [0.5, 0.6) is 0 Å². The van der Waals surface area contributed by atoms with Crippen molar-refractivity contribution < 1.29 is 4.39 Å². The minimum Gasteiger partial charge on any atom is -0.314 e. The first kappa shape index (κ1) is 11.8. The average Bonchev–Trinajstić information content (AvgIpc) is 2.32. The SMILES string of the molecule is Fc1cc(CCN2CCNCC2)ccc1Cl. The lowest BCUT2D eigenvalue weighted by atomic mass is 10.1. The molecule has 1 fully saturated rings. The van der Waals surface area contributed by atoms with Crippen LogP contribution in [0, 0.1) is 5.82 Å². The van der Waals surface area contributed by atoms with Crippen molar-refractivity contribution in [3.63, 3.8) is 0 Å². The van der Waals surface area contributed by atoms with Gasteiger partial charge < -0.3 is 10.2 Å². The molecule has 1 aliphatic heterocycles. The fourth-order valence-electron chi connectivity index (χ4n) is 1.92. The van der Waals surface area contributed by atoms with Crippen LogP contribution in [0.3, 0.4) is 0 Å². The van der Waals surface area contributed by atoms with Crippen molar-refractivity contribution in [3.8, 4) is 0 Å². The van der Waals surface area contributed by atoms with Gasteiger partial charge in [-0.2, -0.15) is 0 Å². The molecule has 0 bridgehead atoms. The Labute approximate surface area is 100 Å². The number of hydrogen-bond donors (Lipinski definition) is 1. The summed E-state index contributed by atoms with van der Waals surface area (Å²) in [6, 6.07) is 5.06. The van der Waals surface area contributed by atoms with Crippen LogP contribution in [-0.4, -0.2) is 37.6 Å². The van der Waals surface area contributed by atoms with E-state index in [4.69, 9.17) is 11.6 Å². The monoisotopic (exact) mass is 242 g/mol. The fourth-order valence-corrected chi connectivity index (χ4v) is 2.03. The van der Waals surface area contributed by atoms with Gasteiger partial charge in [0.15, 0.2) is 0 Å². The van der Waals surface area contributed by atoms with E-state index < -0.39 is 0 Å². The van der Waals surface area contributed by atoms with E-state index in [-0.39, 0.29) is 10.8 Å². The highest BCUT2D eigenvalue weighted by molar-refractivity contribution is 6.30. The Bertz CT molecular complexity index is 351. The van der Waals surface area contributed by atoms with Gasteiger partial charge in [-0.3, -0.25) is 0 Å². The Morgan fingerprint density at radius 3 is 2.75 bits per heavy atom. The van der Waals surface area contributed by atoms with E-state index in [9.17, 15) is 4.39 Å². The van der Waals surface area contributed by atoms with E-state index in [0.717, 1.165) is 44.7 Å². The summed E-state index contributed by atoms with van der Waals surface area (Å²) in [4.78, 5) is 2.39. The molecule has 0 saturated carbocycles. The summed E-state index contributed by atoms with van der Waals surface area (Å²) in [6.07, 6.45) is 0.883. The second kappa shape index (κ2) is 5.62. The first-order valence-corrected chi connectivity index (χ1v) is 6.00. The largest absolute Gasteiger partial charge is 0.314 e. The number of benzene rings is 1. The van der Waals surface area contributed by atoms with Crippen molar-refractivity contribution in [2.75, 3.05) is 32.7 Å². The molecule has 2 nitrogen and oxygen atoms in total. The predicted octanol–water partition coefficient (Wildman–Crippen LogP) is 1.93. The number of rotatable bonds is 3. The van der Waals surface area contributed by atoms with Gasteiger partial charge in [0.25, 0.3) is 0 Å². The summed E-state index contributed by atoms with van der Waals surface area (Å²) in [5, 5.41) is 3.51. The van der Waals surface area contributed by atoms with E-state index in [0.29, 0.717) is 0 Å². The Kier molecular flexibility index (Phi) is 4.16. The highest BCUT2D eigenvalue weighted by atomic mass is 35.5. The van der Waals surface area contributed by atoms with Gasteiger partial charge in [-0.1, -0.05) is 17.7 Å². The highest BCUT2D eigenvalue weighted by Crippen LogP contribution is 2.16. The Hall–Kier alpha value is -0.640. The number of nitrogens with one attached hydrogen (secondary N) is 1. The molecule has 1 aromatic carbocycles. The minimum absolute atomic E-state index is 0.200. The number of halogens is 2. The van der Waals surface area contributed by atoms with Crippen molar-refractivity contribution in [2.24, 2.45) is 0 Å². The van der Waals surface area contributed by atoms with Crippen LogP contribution in [0.15, 0.2) is 18.2 Å². The Morgan fingerprint density at radius 1 is 1.31 bits per heavy atom. The summed E-state index contributed by atoms with van der Waals surface area (Å²) in [7, 11) is 0. The van der Waals surface area contributed by atoms with Crippen LogP contribution >= 0.6 is 11.6 Å². The minimum atomic E-state index is -0.320. The van der Waals surface area contributed by atoms with Gasteiger partial charge >= 0.3 is 0 Å². The van der Waals surface area contributed by atoms with Crippen molar-refractivity contribution >= 4 is 11.6 Å². The maximum atomic E-state index is 13.2. The van der Waals surface area contributed by atoms with E-state index in [1.165, 1.54) is 6.07 Å². The molecule has 0 amide bonds. The highest BCUT2D eigenvalue weighted by Gasteiger charge is 2.09. The summed E-state index contributed by atoms with van der Waals surface area (Å²) in [5.74, 6) is -0.320. The van der Waals surface area contributed by atoms with Crippen LogP contribution in [0.4, 0.5) is 4.39 Å². The lowest BCUT2D eigenvalue weighted by Gasteiger charge is -2.27. The molecule has 1 saturated heterocycles. The van der Waals surface area contributed by atoms with Crippen LogP contribution < -0.4 is 5.32 Å². The van der Waals surface area contributed by atoms with E-state index in [2.05, 4.69) is 10.2 Å². The normalized spacial score (nSPS) is 17.6. The zero-order valence-electron chi connectivity index (χ0n) is 9.18. The molecule has 0 atom stereocenters. The van der Waals surface area contributed by atoms with Crippen LogP contribution in [0.2, 0.25) is 5.02 Å². The molecule has 2 rings (SSSR count). The molecule has 1 N–H and O–H groups in total. The number of hydrogen-bond acceptors (Lipinski definition) is 2. The maximum Gasteiger partial charge on any atom is 0.142 e. The van der Waals surface area contributed by atoms with E-state index >= 15 is 0 Å². The number of nitrogens with zero attached hydrogens (tertiary/aromatic N) is 1. The van der Waals surface area contributed by atoms with Crippen LogP contribution in [0.1, 0.15) is 5.56 Å². The molecule has 1 aliphatic rings. The summed E-state index contributed by atoms with van der Waals surface area (Å²) >= 11 is 5.64. The zero-order valence-corrected chi connectivity index (χ0v) is 9.93. The first-order chi connectivity index (χ1) is 7.75. The van der Waals surface area contributed by atoms with Crippen molar-refractivity contribution in [1.29, 1.82) is 0 Å². The van der Waals surface area contributed by atoms with Gasteiger partial charge in [0.2, 0.25) is 0 Å². The van der Waals surface area contributed by atoms with Crippen molar-refractivity contribution in [3.05, 3.63) is 34.6 Å². The van der Waals surface area contributed by atoms with Crippen LogP contribution in [-0.2, 0) is 6.42 Å². The van der Waals surface area contributed by atoms with E-state index in [1.807, 2.05) is 6.07 Å². The second-order valence-corrected chi connectivity index (χ2v) is 4.50. The van der Waals surface area contributed by atoms with Crippen LogP contribution in [0.25, 0.3) is 0 Å².